The van der Waals surface area contributed by atoms with Crippen LogP contribution in [0.4, 0.5) is 5.69 Å². The van der Waals surface area contributed by atoms with Gasteiger partial charge in [0.2, 0.25) is 5.91 Å². The van der Waals surface area contributed by atoms with Gasteiger partial charge in [0.05, 0.1) is 26.3 Å². The van der Waals surface area contributed by atoms with Gasteiger partial charge < -0.3 is 14.8 Å². The van der Waals surface area contributed by atoms with E-state index in [0.29, 0.717) is 17.8 Å². The second-order valence-corrected chi connectivity index (χ2v) is 6.97. The predicted octanol–water partition coefficient (Wildman–Crippen LogP) is 3.57. The molecule has 6 nitrogen and oxygen atoms in total. The fourth-order valence-electron chi connectivity index (χ4n) is 3.59. The summed E-state index contributed by atoms with van der Waals surface area (Å²) in [6, 6.07) is 13.4. The molecule has 148 valence electrons. The van der Waals surface area contributed by atoms with E-state index >= 15 is 0 Å². The molecule has 2 aromatic carbocycles. The Labute approximate surface area is 165 Å². The molecule has 2 aromatic rings. The molecular formula is C22H26N2O4. The molecule has 1 aliphatic rings. The van der Waals surface area contributed by atoms with Crippen molar-refractivity contribution in [2.75, 3.05) is 32.6 Å². The average Bonchev–Trinajstić information content (AvgIpc) is 3.17. The van der Waals surface area contributed by atoms with Gasteiger partial charge in [-0.25, -0.2) is 4.79 Å². The van der Waals surface area contributed by atoms with Crippen LogP contribution in [-0.4, -0.2) is 44.1 Å². The van der Waals surface area contributed by atoms with E-state index < -0.39 is 5.97 Å². The Morgan fingerprint density at radius 2 is 1.89 bits per heavy atom. The van der Waals surface area contributed by atoms with Gasteiger partial charge >= 0.3 is 5.97 Å². The Balaban J connectivity index is 1.67. The largest absolute Gasteiger partial charge is 0.497 e. The van der Waals surface area contributed by atoms with E-state index in [1.807, 2.05) is 19.1 Å². The number of anilines is 1. The van der Waals surface area contributed by atoms with E-state index in [-0.39, 0.29) is 11.9 Å². The lowest BCUT2D eigenvalue weighted by molar-refractivity contribution is -0.117. The quantitative estimate of drug-likeness (QED) is 0.774. The molecule has 3 rings (SSSR count). The van der Waals surface area contributed by atoms with Crippen molar-refractivity contribution in [3.8, 4) is 5.75 Å². The molecule has 1 unspecified atom stereocenters. The summed E-state index contributed by atoms with van der Waals surface area (Å²) >= 11 is 0. The summed E-state index contributed by atoms with van der Waals surface area (Å²) in [5, 5.41) is 2.94. The maximum Gasteiger partial charge on any atom is 0.337 e. The number of benzene rings is 2. The molecule has 1 amide bonds. The molecule has 0 spiro atoms. The van der Waals surface area contributed by atoms with Gasteiger partial charge in [0, 0.05) is 11.7 Å². The minimum Gasteiger partial charge on any atom is -0.497 e. The summed E-state index contributed by atoms with van der Waals surface area (Å²) in [6.45, 7) is 3.08. The molecule has 0 radical (unpaired) electrons. The van der Waals surface area contributed by atoms with Crippen molar-refractivity contribution in [1.82, 2.24) is 4.90 Å². The number of rotatable bonds is 6. The topological polar surface area (TPSA) is 67.9 Å². The van der Waals surface area contributed by atoms with Gasteiger partial charge in [0.25, 0.3) is 0 Å². The van der Waals surface area contributed by atoms with Crippen LogP contribution in [0, 0.1) is 6.92 Å². The molecule has 1 N–H and O–H groups in total. The van der Waals surface area contributed by atoms with Crippen molar-refractivity contribution in [2.45, 2.75) is 25.8 Å². The zero-order valence-corrected chi connectivity index (χ0v) is 16.5. The third kappa shape index (κ3) is 4.51. The van der Waals surface area contributed by atoms with Crippen LogP contribution in [0.1, 0.15) is 40.4 Å². The van der Waals surface area contributed by atoms with Gasteiger partial charge in [-0.2, -0.15) is 0 Å². The van der Waals surface area contributed by atoms with Gasteiger partial charge in [-0.15, -0.1) is 0 Å². The number of carbonyl (C=O) groups excluding carboxylic acids is 2. The molecule has 0 aromatic heterocycles. The zero-order valence-electron chi connectivity index (χ0n) is 16.5. The first kappa shape index (κ1) is 19.9. The van der Waals surface area contributed by atoms with Gasteiger partial charge in [0.15, 0.2) is 0 Å². The van der Waals surface area contributed by atoms with E-state index in [1.54, 1.807) is 25.3 Å². The Kier molecular flexibility index (Phi) is 6.31. The van der Waals surface area contributed by atoms with Gasteiger partial charge in [0.1, 0.15) is 5.75 Å². The highest BCUT2D eigenvalue weighted by atomic mass is 16.5. The van der Waals surface area contributed by atoms with Crippen molar-refractivity contribution < 1.29 is 19.1 Å². The van der Waals surface area contributed by atoms with Crippen molar-refractivity contribution in [2.24, 2.45) is 0 Å². The summed E-state index contributed by atoms with van der Waals surface area (Å²) < 4.78 is 9.98. The number of methoxy groups -OCH3 is 2. The van der Waals surface area contributed by atoms with Crippen molar-refractivity contribution >= 4 is 17.6 Å². The monoisotopic (exact) mass is 382 g/mol. The predicted molar refractivity (Wildman–Crippen MR) is 108 cm³/mol. The molecule has 28 heavy (non-hydrogen) atoms. The lowest BCUT2D eigenvalue weighted by Gasteiger charge is -2.24. The van der Waals surface area contributed by atoms with Crippen LogP contribution in [0.5, 0.6) is 5.75 Å². The van der Waals surface area contributed by atoms with Crippen LogP contribution in [0.3, 0.4) is 0 Å². The standard InChI is InChI=1S/C22H26N2O4/c1-15-6-7-17(22(26)28-3)13-19(15)23-21(25)14-24-12-4-5-20(24)16-8-10-18(27-2)11-9-16/h6-11,13,20H,4-5,12,14H2,1-3H3,(H,23,25). The number of hydrogen-bond acceptors (Lipinski definition) is 5. The van der Waals surface area contributed by atoms with Crippen molar-refractivity contribution in [1.29, 1.82) is 0 Å². The van der Waals surface area contributed by atoms with Gasteiger partial charge in [-0.3, -0.25) is 9.69 Å². The fourth-order valence-corrected chi connectivity index (χ4v) is 3.59. The molecule has 1 fully saturated rings. The molecule has 0 aliphatic carbocycles. The number of aryl methyl sites for hydroxylation is 1. The number of ether oxygens (including phenoxy) is 2. The summed E-state index contributed by atoms with van der Waals surface area (Å²) in [4.78, 5) is 26.6. The highest BCUT2D eigenvalue weighted by molar-refractivity contribution is 5.96. The van der Waals surface area contributed by atoms with Crippen LogP contribution >= 0.6 is 0 Å². The second kappa shape index (κ2) is 8.89. The van der Waals surface area contributed by atoms with E-state index in [2.05, 4.69) is 22.3 Å². The van der Waals surface area contributed by atoms with Crippen LogP contribution in [-0.2, 0) is 9.53 Å². The van der Waals surface area contributed by atoms with Crippen LogP contribution in [0.15, 0.2) is 42.5 Å². The Morgan fingerprint density at radius 1 is 1.14 bits per heavy atom. The molecule has 1 saturated heterocycles. The molecule has 0 bridgehead atoms. The average molecular weight is 382 g/mol. The zero-order chi connectivity index (χ0) is 20.1. The third-order valence-electron chi connectivity index (χ3n) is 5.14. The van der Waals surface area contributed by atoms with E-state index in [9.17, 15) is 9.59 Å². The number of esters is 1. The first-order valence-electron chi connectivity index (χ1n) is 9.38. The molecule has 6 heteroatoms. The maximum atomic E-state index is 12.7. The smallest absolute Gasteiger partial charge is 0.337 e. The van der Waals surface area contributed by atoms with Crippen molar-refractivity contribution in [3.05, 3.63) is 59.2 Å². The number of nitrogens with zero attached hydrogens (tertiary/aromatic N) is 1. The normalized spacial score (nSPS) is 16.6. The number of nitrogens with one attached hydrogen (secondary N) is 1. The minimum atomic E-state index is -0.422. The molecule has 1 heterocycles. The summed E-state index contributed by atoms with van der Waals surface area (Å²) in [5.41, 5.74) is 3.14. The Hall–Kier alpha value is -2.86. The Morgan fingerprint density at radius 3 is 2.57 bits per heavy atom. The minimum absolute atomic E-state index is 0.0921. The summed E-state index contributed by atoms with van der Waals surface area (Å²) in [7, 11) is 2.99. The highest BCUT2D eigenvalue weighted by Gasteiger charge is 2.27. The molecule has 1 atom stereocenters. The first-order valence-corrected chi connectivity index (χ1v) is 9.38. The van der Waals surface area contributed by atoms with E-state index in [1.165, 1.54) is 12.7 Å². The summed E-state index contributed by atoms with van der Waals surface area (Å²) in [5.74, 6) is 0.312. The third-order valence-corrected chi connectivity index (χ3v) is 5.14. The number of carbonyl (C=O) groups is 2. The fraction of sp³-hybridized carbons (Fsp3) is 0.364. The second-order valence-electron chi connectivity index (χ2n) is 6.97. The lowest BCUT2D eigenvalue weighted by atomic mass is 10.0. The lowest BCUT2D eigenvalue weighted by Crippen LogP contribution is -2.33. The number of hydrogen-bond donors (Lipinski definition) is 1. The molecular weight excluding hydrogens is 356 g/mol. The SMILES string of the molecule is COC(=O)c1ccc(C)c(NC(=O)CN2CCCC2c2ccc(OC)cc2)c1. The number of amides is 1. The van der Waals surface area contributed by atoms with Crippen LogP contribution in [0.2, 0.25) is 0 Å². The molecule has 0 saturated carbocycles. The van der Waals surface area contributed by atoms with Gasteiger partial charge in [-0.1, -0.05) is 18.2 Å². The number of likely N-dealkylation sites (tertiary alicyclic amines) is 1. The van der Waals surface area contributed by atoms with Crippen LogP contribution < -0.4 is 10.1 Å². The van der Waals surface area contributed by atoms with Gasteiger partial charge in [-0.05, 0) is 61.7 Å². The van der Waals surface area contributed by atoms with Crippen LogP contribution in [0.25, 0.3) is 0 Å². The summed E-state index contributed by atoms with van der Waals surface area (Å²) in [6.07, 6.45) is 2.08. The maximum absolute atomic E-state index is 12.7. The Bertz CT molecular complexity index is 848. The highest BCUT2D eigenvalue weighted by Crippen LogP contribution is 2.32. The molecule has 1 aliphatic heterocycles. The van der Waals surface area contributed by atoms with E-state index in [0.717, 1.165) is 30.7 Å². The van der Waals surface area contributed by atoms with E-state index in [4.69, 9.17) is 9.47 Å². The van der Waals surface area contributed by atoms with Crippen molar-refractivity contribution in [3.63, 3.8) is 0 Å². The first-order chi connectivity index (χ1) is 13.5.